The maximum atomic E-state index is 12.7. The molecule has 3 rings (SSSR count). The Morgan fingerprint density at radius 2 is 2.04 bits per heavy atom. The lowest BCUT2D eigenvalue weighted by atomic mass is 10.1. The van der Waals surface area contributed by atoms with Gasteiger partial charge in [-0.05, 0) is 25.0 Å². The minimum atomic E-state index is -3.45. The Hall–Kier alpha value is -1.06. The molecule has 1 aromatic heterocycles. The Morgan fingerprint density at radius 1 is 1.35 bits per heavy atom. The van der Waals surface area contributed by atoms with Crippen LogP contribution >= 0.6 is 11.3 Å². The lowest BCUT2D eigenvalue weighted by molar-refractivity contribution is 0.0592. The van der Waals surface area contributed by atoms with E-state index in [9.17, 15) is 8.42 Å². The minimum Gasteiger partial charge on any atom is -0.381 e. The molecule has 6 nitrogen and oxygen atoms in total. The summed E-state index contributed by atoms with van der Waals surface area (Å²) >= 11 is 1.54. The summed E-state index contributed by atoms with van der Waals surface area (Å²) in [6.45, 7) is 1.31. The summed E-state index contributed by atoms with van der Waals surface area (Å²) in [5, 5.41) is 0.809. The van der Waals surface area contributed by atoms with Crippen molar-refractivity contribution in [3.05, 3.63) is 29.3 Å². The fourth-order valence-electron chi connectivity index (χ4n) is 2.76. The van der Waals surface area contributed by atoms with E-state index in [4.69, 9.17) is 4.74 Å². The van der Waals surface area contributed by atoms with Crippen LogP contribution in [0.25, 0.3) is 10.2 Å². The fourth-order valence-corrected chi connectivity index (χ4v) is 5.21. The second-order valence-electron chi connectivity index (χ2n) is 5.67. The van der Waals surface area contributed by atoms with Crippen molar-refractivity contribution in [2.75, 3.05) is 27.2 Å². The number of thiazole rings is 1. The monoisotopic (exact) mass is 355 g/mol. The molecular formula is C15H21N3O3S2. The van der Waals surface area contributed by atoms with Gasteiger partial charge in [0, 0.05) is 27.2 Å². The van der Waals surface area contributed by atoms with Gasteiger partial charge < -0.3 is 4.74 Å². The molecule has 2 heterocycles. The van der Waals surface area contributed by atoms with Crippen LogP contribution in [0.1, 0.15) is 17.8 Å². The van der Waals surface area contributed by atoms with Gasteiger partial charge in [-0.25, -0.2) is 4.98 Å². The first-order valence-electron chi connectivity index (χ1n) is 7.59. The number of nitrogens with zero attached hydrogens (tertiary/aromatic N) is 3. The molecular weight excluding hydrogens is 334 g/mol. The van der Waals surface area contributed by atoms with E-state index in [0.717, 1.165) is 28.1 Å². The number of para-hydroxylation sites is 1. The van der Waals surface area contributed by atoms with Crippen molar-refractivity contribution in [3.63, 3.8) is 0 Å². The molecule has 1 aromatic carbocycles. The maximum Gasteiger partial charge on any atom is 0.282 e. The van der Waals surface area contributed by atoms with E-state index in [2.05, 4.69) is 4.98 Å². The van der Waals surface area contributed by atoms with E-state index in [1.807, 2.05) is 24.3 Å². The van der Waals surface area contributed by atoms with E-state index in [1.165, 1.54) is 19.9 Å². The predicted octanol–water partition coefficient (Wildman–Crippen LogP) is 2.08. The summed E-state index contributed by atoms with van der Waals surface area (Å²) in [4.78, 5) is 4.51. The molecule has 0 spiro atoms. The first-order chi connectivity index (χ1) is 11.0. The topological polar surface area (TPSA) is 62.7 Å². The summed E-state index contributed by atoms with van der Waals surface area (Å²) in [6.07, 6.45) is 1.64. The highest BCUT2D eigenvalue weighted by Gasteiger charge is 2.31. The normalized spacial score (nSPS) is 18.0. The number of hydrogen-bond acceptors (Lipinski definition) is 5. The van der Waals surface area contributed by atoms with Crippen molar-refractivity contribution in [1.82, 2.24) is 13.6 Å². The first-order valence-corrected chi connectivity index (χ1v) is 9.80. The highest BCUT2D eigenvalue weighted by molar-refractivity contribution is 7.86. The van der Waals surface area contributed by atoms with Crippen LogP contribution in [0.3, 0.4) is 0 Å². The van der Waals surface area contributed by atoms with Crippen LogP contribution in [0, 0.1) is 0 Å². The Bertz CT molecular complexity index is 734. The molecule has 1 aliphatic heterocycles. The van der Waals surface area contributed by atoms with Crippen molar-refractivity contribution in [1.29, 1.82) is 0 Å². The Kier molecular flexibility index (Phi) is 4.98. The molecule has 0 aliphatic carbocycles. The van der Waals surface area contributed by atoms with Gasteiger partial charge in [-0.15, -0.1) is 11.3 Å². The third-order valence-corrected chi connectivity index (χ3v) is 7.11. The van der Waals surface area contributed by atoms with E-state index in [-0.39, 0.29) is 6.10 Å². The van der Waals surface area contributed by atoms with Gasteiger partial charge in [0.25, 0.3) is 10.2 Å². The third kappa shape index (κ3) is 3.56. The second-order valence-corrected chi connectivity index (χ2v) is 8.82. The zero-order valence-corrected chi connectivity index (χ0v) is 14.9. The van der Waals surface area contributed by atoms with Gasteiger partial charge in [0.15, 0.2) is 0 Å². The highest BCUT2D eigenvalue weighted by Crippen LogP contribution is 2.24. The highest BCUT2D eigenvalue weighted by atomic mass is 32.2. The van der Waals surface area contributed by atoms with Crippen molar-refractivity contribution in [2.24, 2.45) is 0 Å². The van der Waals surface area contributed by atoms with Gasteiger partial charge in [0.05, 0.1) is 22.9 Å². The Labute approximate surface area is 140 Å². The van der Waals surface area contributed by atoms with Crippen LogP contribution in [0.2, 0.25) is 0 Å². The molecule has 8 heteroatoms. The molecule has 1 aliphatic rings. The Balaban J connectivity index is 1.70. The number of aromatic nitrogens is 1. The van der Waals surface area contributed by atoms with Crippen LogP contribution in [0.4, 0.5) is 0 Å². The molecule has 126 valence electrons. The number of methoxy groups -OCH3 is 1. The zero-order chi connectivity index (χ0) is 16.4. The summed E-state index contributed by atoms with van der Waals surface area (Å²) in [6, 6.07) is 7.84. The number of ether oxygens (including phenoxy) is 1. The standard InChI is InChI=1S/C15H21N3O3S2/c1-17(11-15-16-13-5-3-4-6-14(13)22-15)23(19,20)18-9-7-12(21-2)8-10-18/h3-6,12H,7-11H2,1-2H3. The van der Waals surface area contributed by atoms with Gasteiger partial charge in [-0.2, -0.15) is 17.0 Å². The smallest absolute Gasteiger partial charge is 0.282 e. The van der Waals surface area contributed by atoms with Crippen molar-refractivity contribution >= 4 is 31.8 Å². The molecule has 0 radical (unpaired) electrons. The minimum absolute atomic E-state index is 0.163. The van der Waals surface area contributed by atoms with Crippen molar-refractivity contribution < 1.29 is 13.2 Å². The molecule has 2 aromatic rings. The number of rotatable bonds is 5. The summed E-state index contributed by atoms with van der Waals surface area (Å²) in [5.41, 5.74) is 0.916. The molecule has 0 bridgehead atoms. The van der Waals surface area contributed by atoms with Gasteiger partial charge in [-0.1, -0.05) is 12.1 Å². The molecule has 1 saturated heterocycles. The number of piperidine rings is 1. The summed E-state index contributed by atoms with van der Waals surface area (Å²) in [5.74, 6) is 0. The SMILES string of the molecule is COC1CCN(S(=O)(=O)N(C)Cc2nc3ccccc3s2)CC1. The van der Waals surface area contributed by atoms with Gasteiger partial charge >= 0.3 is 0 Å². The van der Waals surface area contributed by atoms with Crippen LogP contribution < -0.4 is 0 Å². The second kappa shape index (κ2) is 6.82. The summed E-state index contributed by atoms with van der Waals surface area (Å²) in [7, 11) is -0.162. The van der Waals surface area contributed by atoms with Crippen LogP contribution in [-0.2, 0) is 21.5 Å². The number of fused-ring (bicyclic) bond motifs is 1. The number of hydrogen-bond donors (Lipinski definition) is 0. The van der Waals surface area contributed by atoms with E-state index in [0.29, 0.717) is 19.6 Å². The van der Waals surface area contributed by atoms with Crippen LogP contribution in [0.15, 0.2) is 24.3 Å². The molecule has 0 saturated carbocycles. The van der Waals surface area contributed by atoms with E-state index < -0.39 is 10.2 Å². The predicted molar refractivity (Wildman–Crippen MR) is 91.6 cm³/mol. The lowest BCUT2D eigenvalue weighted by Crippen LogP contribution is -2.46. The largest absolute Gasteiger partial charge is 0.381 e. The molecule has 0 atom stereocenters. The molecule has 0 amide bonds. The van der Waals surface area contributed by atoms with E-state index >= 15 is 0 Å². The van der Waals surface area contributed by atoms with E-state index in [1.54, 1.807) is 14.2 Å². The van der Waals surface area contributed by atoms with Crippen molar-refractivity contribution in [3.8, 4) is 0 Å². The fraction of sp³-hybridized carbons (Fsp3) is 0.533. The lowest BCUT2D eigenvalue weighted by Gasteiger charge is -2.32. The molecule has 0 unspecified atom stereocenters. The van der Waals surface area contributed by atoms with Gasteiger partial charge in [0.2, 0.25) is 0 Å². The van der Waals surface area contributed by atoms with Gasteiger partial charge in [-0.3, -0.25) is 0 Å². The molecule has 0 N–H and O–H groups in total. The molecule has 23 heavy (non-hydrogen) atoms. The average Bonchev–Trinajstić information content (AvgIpc) is 2.97. The maximum absolute atomic E-state index is 12.7. The van der Waals surface area contributed by atoms with Crippen LogP contribution in [-0.4, -0.2) is 55.4 Å². The quantitative estimate of drug-likeness (QED) is 0.824. The van der Waals surface area contributed by atoms with Gasteiger partial charge in [0.1, 0.15) is 5.01 Å². The summed E-state index contributed by atoms with van der Waals surface area (Å²) < 4.78 is 34.7. The van der Waals surface area contributed by atoms with Crippen LogP contribution in [0.5, 0.6) is 0 Å². The average molecular weight is 355 g/mol. The zero-order valence-electron chi connectivity index (χ0n) is 13.3. The third-order valence-electron chi connectivity index (χ3n) is 4.15. The Morgan fingerprint density at radius 3 is 2.70 bits per heavy atom. The first kappa shape index (κ1) is 16.8. The molecule has 1 fully saturated rings. The van der Waals surface area contributed by atoms with Crippen molar-refractivity contribution in [2.45, 2.75) is 25.5 Å². The number of benzene rings is 1.